The van der Waals surface area contributed by atoms with E-state index < -0.39 is 0 Å². The number of hydrogen-bond donors (Lipinski definition) is 0. The molecule has 0 aliphatic carbocycles. The predicted octanol–water partition coefficient (Wildman–Crippen LogP) is 3.45. The molecule has 0 N–H and O–H groups in total. The molecule has 1 saturated heterocycles. The summed E-state index contributed by atoms with van der Waals surface area (Å²) in [5.41, 5.74) is 0.806. The second-order valence-corrected chi connectivity index (χ2v) is 5.11. The number of benzene rings is 1. The van der Waals surface area contributed by atoms with Crippen molar-refractivity contribution < 1.29 is 9.53 Å². The second kappa shape index (κ2) is 5.60. The van der Waals surface area contributed by atoms with Crippen molar-refractivity contribution in [2.24, 2.45) is 5.92 Å². The van der Waals surface area contributed by atoms with Crippen LogP contribution in [0.1, 0.15) is 29.6 Å². The maximum atomic E-state index is 12.0. The van der Waals surface area contributed by atoms with Crippen LogP contribution in [0.5, 0.6) is 0 Å². The van der Waals surface area contributed by atoms with Crippen molar-refractivity contribution in [2.45, 2.75) is 19.3 Å². The molecule has 3 heteroatoms. The summed E-state index contributed by atoms with van der Waals surface area (Å²) in [6.45, 7) is 1.60. The highest BCUT2D eigenvalue weighted by Crippen LogP contribution is 2.21. The van der Waals surface area contributed by atoms with Crippen molar-refractivity contribution in [2.75, 3.05) is 13.2 Å². The van der Waals surface area contributed by atoms with E-state index in [-0.39, 0.29) is 5.78 Å². The quantitative estimate of drug-likeness (QED) is 0.794. The van der Waals surface area contributed by atoms with Gasteiger partial charge in [0.05, 0.1) is 0 Å². The normalized spacial score (nSPS) is 17.3. The third kappa shape index (κ3) is 3.16. The molecule has 2 rings (SSSR count). The molecule has 0 unspecified atom stereocenters. The third-order valence-corrected chi connectivity index (χ3v) is 3.45. The second-order valence-electron chi connectivity index (χ2n) is 4.19. The Morgan fingerprint density at radius 3 is 2.81 bits per heavy atom. The molecule has 0 saturated carbocycles. The fraction of sp³-hybridized carbons (Fsp3) is 0.462. The highest BCUT2D eigenvalue weighted by atomic mass is 79.9. The lowest BCUT2D eigenvalue weighted by Crippen LogP contribution is -2.18. The number of carbonyl (C=O) groups is 1. The van der Waals surface area contributed by atoms with Crippen molar-refractivity contribution in [3.8, 4) is 0 Å². The molecule has 1 heterocycles. The van der Waals surface area contributed by atoms with Crippen LogP contribution in [-0.4, -0.2) is 19.0 Å². The van der Waals surface area contributed by atoms with Gasteiger partial charge in [0.1, 0.15) is 0 Å². The van der Waals surface area contributed by atoms with E-state index in [0.717, 1.165) is 36.1 Å². The van der Waals surface area contributed by atoms with Gasteiger partial charge >= 0.3 is 0 Å². The number of Topliss-reactive ketones (excluding diaryl/α,β-unsaturated/α-hetero) is 1. The molecule has 1 fully saturated rings. The standard InChI is InChI=1S/C13H15BrO2/c14-12-3-1-2-11(9-12)13(15)8-10-4-6-16-7-5-10/h1-3,9-10H,4-8H2. The maximum Gasteiger partial charge on any atom is 0.163 e. The lowest BCUT2D eigenvalue weighted by atomic mass is 9.92. The van der Waals surface area contributed by atoms with E-state index in [1.54, 1.807) is 0 Å². The molecule has 1 aliphatic rings. The minimum Gasteiger partial charge on any atom is -0.381 e. The van der Waals surface area contributed by atoms with Crippen LogP contribution in [0.2, 0.25) is 0 Å². The smallest absolute Gasteiger partial charge is 0.163 e. The van der Waals surface area contributed by atoms with Crippen LogP contribution in [-0.2, 0) is 4.74 Å². The number of halogens is 1. The fourth-order valence-corrected chi connectivity index (χ4v) is 2.39. The highest BCUT2D eigenvalue weighted by molar-refractivity contribution is 9.10. The molecule has 0 bridgehead atoms. The van der Waals surface area contributed by atoms with E-state index in [1.807, 2.05) is 24.3 Å². The highest BCUT2D eigenvalue weighted by Gasteiger charge is 2.18. The number of hydrogen-bond acceptors (Lipinski definition) is 2. The topological polar surface area (TPSA) is 26.3 Å². The molecule has 16 heavy (non-hydrogen) atoms. The van der Waals surface area contributed by atoms with Crippen LogP contribution in [0.15, 0.2) is 28.7 Å². The average molecular weight is 283 g/mol. The molecule has 0 aromatic heterocycles. The Hall–Kier alpha value is -0.670. The van der Waals surface area contributed by atoms with Crippen molar-refractivity contribution in [1.82, 2.24) is 0 Å². The van der Waals surface area contributed by atoms with E-state index in [0.29, 0.717) is 12.3 Å². The van der Waals surface area contributed by atoms with Gasteiger partial charge in [-0.15, -0.1) is 0 Å². The molecule has 1 aromatic rings. The van der Waals surface area contributed by atoms with Gasteiger partial charge in [0.25, 0.3) is 0 Å². The Morgan fingerprint density at radius 2 is 2.12 bits per heavy atom. The van der Waals surface area contributed by atoms with Gasteiger partial charge in [-0.2, -0.15) is 0 Å². The molecule has 2 nitrogen and oxygen atoms in total. The van der Waals surface area contributed by atoms with Crippen LogP contribution in [0.3, 0.4) is 0 Å². The average Bonchev–Trinajstić information content (AvgIpc) is 2.30. The Bertz CT molecular complexity index is 370. The van der Waals surface area contributed by atoms with Crippen molar-refractivity contribution in [3.05, 3.63) is 34.3 Å². The Balaban J connectivity index is 1.97. The zero-order chi connectivity index (χ0) is 11.4. The summed E-state index contributed by atoms with van der Waals surface area (Å²) in [4.78, 5) is 12.0. The minimum atomic E-state index is 0.244. The Labute approximate surface area is 104 Å². The summed E-state index contributed by atoms with van der Waals surface area (Å²) < 4.78 is 6.25. The van der Waals surface area contributed by atoms with Crippen molar-refractivity contribution >= 4 is 21.7 Å². The van der Waals surface area contributed by atoms with Gasteiger partial charge in [0, 0.05) is 29.7 Å². The van der Waals surface area contributed by atoms with Gasteiger partial charge in [-0.25, -0.2) is 0 Å². The summed E-state index contributed by atoms with van der Waals surface area (Å²) in [5, 5.41) is 0. The lowest BCUT2D eigenvalue weighted by molar-refractivity contribution is 0.0601. The van der Waals surface area contributed by atoms with Crippen LogP contribution < -0.4 is 0 Å². The van der Waals surface area contributed by atoms with E-state index in [1.165, 1.54) is 0 Å². The summed E-state index contributed by atoms with van der Waals surface area (Å²) in [7, 11) is 0. The van der Waals surface area contributed by atoms with Crippen molar-refractivity contribution in [3.63, 3.8) is 0 Å². The lowest BCUT2D eigenvalue weighted by Gasteiger charge is -2.21. The first kappa shape index (κ1) is 11.8. The zero-order valence-corrected chi connectivity index (χ0v) is 10.7. The molecule has 0 spiro atoms. The summed E-state index contributed by atoms with van der Waals surface area (Å²) in [6.07, 6.45) is 2.68. The predicted molar refractivity (Wildman–Crippen MR) is 66.6 cm³/mol. The van der Waals surface area contributed by atoms with E-state index >= 15 is 0 Å². The largest absolute Gasteiger partial charge is 0.381 e. The first-order valence-corrected chi connectivity index (χ1v) is 6.41. The summed E-state index contributed by atoms with van der Waals surface area (Å²) >= 11 is 3.38. The van der Waals surface area contributed by atoms with Crippen LogP contribution in [0.4, 0.5) is 0 Å². The SMILES string of the molecule is O=C(CC1CCOCC1)c1cccc(Br)c1. The van der Waals surface area contributed by atoms with Gasteiger partial charge < -0.3 is 4.74 Å². The third-order valence-electron chi connectivity index (χ3n) is 2.96. The molecule has 1 aliphatic heterocycles. The Kier molecular flexibility index (Phi) is 4.13. The molecule has 86 valence electrons. The summed E-state index contributed by atoms with van der Waals surface area (Å²) in [6, 6.07) is 7.61. The first-order chi connectivity index (χ1) is 7.75. The molecule has 0 radical (unpaired) electrons. The monoisotopic (exact) mass is 282 g/mol. The molecule has 1 aromatic carbocycles. The molecule has 0 amide bonds. The zero-order valence-electron chi connectivity index (χ0n) is 9.12. The minimum absolute atomic E-state index is 0.244. The van der Waals surface area contributed by atoms with Gasteiger partial charge in [-0.1, -0.05) is 28.1 Å². The van der Waals surface area contributed by atoms with Gasteiger partial charge in [-0.3, -0.25) is 4.79 Å². The van der Waals surface area contributed by atoms with Crippen LogP contribution in [0.25, 0.3) is 0 Å². The van der Waals surface area contributed by atoms with E-state index in [9.17, 15) is 4.79 Å². The van der Waals surface area contributed by atoms with Crippen LogP contribution >= 0.6 is 15.9 Å². The molecule has 0 atom stereocenters. The number of carbonyl (C=O) groups excluding carboxylic acids is 1. The molecular weight excluding hydrogens is 268 g/mol. The number of ether oxygens (including phenoxy) is 1. The van der Waals surface area contributed by atoms with E-state index in [4.69, 9.17) is 4.74 Å². The van der Waals surface area contributed by atoms with Gasteiger partial charge in [0.15, 0.2) is 5.78 Å². The molecular formula is C13H15BrO2. The Morgan fingerprint density at radius 1 is 1.38 bits per heavy atom. The number of ketones is 1. The van der Waals surface area contributed by atoms with Gasteiger partial charge in [0.2, 0.25) is 0 Å². The van der Waals surface area contributed by atoms with Crippen LogP contribution in [0, 0.1) is 5.92 Å². The van der Waals surface area contributed by atoms with Crippen molar-refractivity contribution in [1.29, 1.82) is 0 Å². The number of rotatable bonds is 3. The fourth-order valence-electron chi connectivity index (χ4n) is 1.99. The summed E-state index contributed by atoms with van der Waals surface area (Å²) in [5.74, 6) is 0.744. The van der Waals surface area contributed by atoms with E-state index in [2.05, 4.69) is 15.9 Å². The van der Waals surface area contributed by atoms with Gasteiger partial charge in [-0.05, 0) is 30.9 Å². The maximum absolute atomic E-state index is 12.0. The first-order valence-electron chi connectivity index (χ1n) is 5.62.